The number of H-pyrrole nitrogens is 2. The van der Waals surface area contributed by atoms with E-state index in [-0.39, 0.29) is 22.9 Å². The lowest BCUT2D eigenvalue weighted by Crippen LogP contribution is -2.36. The first kappa shape index (κ1) is 16.2. The number of hydrogen-bond acceptors (Lipinski definition) is 6. The number of aromatic amines is 2. The molecule has 1 atom stereocenters. The zero-order chi connectivity index (χ0) is 18.4. The predicted molar refractivity (Wildman–Crippen MR) is 93.7 cm³/mol. The van der Waals surface area contributed by atoms with Gasteiger partial charge in [0.15, 0.2) is 17.3 Å². The zero-order valence-electron chi connectivity index (χ0n) is 14.0. The van der Waals surface area contributed by atoms with Crippen molar-refractivity contribution in [2.45, 2.75) is 25.2 Å². The van der Waals surface area contributed by atoms with Crippen molar-refractivity contribution in [3.63, 3.8) is 0 Å². The second-order valence-electron chi connectivity index (χ2n) is 6.36. The van der Waals surface area contributed by atoms with Gasteiger partial charge >= 0.3 is 5.69 Å². The minimum Gasteiger partial charge on any atom is -0.504 e. The van der Waals surface area contributed by atoms with Crippen molar-refractivity contribution < 1.29 is 14.6 Å². The summed E-state index contributed by atoms with van der Waals surface area (Å²) in [5, 5.41) is 13.2. The summed E-state index contributed by atoms with van der Waals surface area (Å²) in [5.41, 5.74) is 0.848. The Balaban J connectivity index is 1.99. The molecule has 8 nitrogen and oxygen atoms in total. The van der Waals surface area contributed by atoms with Crippen molar-refractivity contribution in [1.29, 1.82) is 0 Å². The molecule has 1 aliphatic carbocycles. The summed E-state index contributed by atoms with van der Waals surface area (Å²) in [6, 6.07) is 4.77. The lowest BCUT2D eigenvalue weighted by atomic mass is 9.76. The van der Waals surface area contributed by atoms with E-state index in [2.05, 4.69) is 15.3 Å². The third-order valence-electron chi connectivity index (χ3n) is 4.83. The van der Waals surface area contributed by atoms with E-state index in [0.717, 1.165) is 0 Å². The highest BCUT2D eigenvalue weighted by Crippen LogP contribution is 2.44. The Kier molecular flexibility index (Phi) is 3.68. The van der Waals surface area contributed by atoms with E-state index in [1.165, 1.54) is 13.2 Å². The molecule has 2 aliphatic rings. The molecule has 0 saturated carbocycles. The Morgan fingerprint density at radius 3 is 2.69 bits per heavy atom. The number of nitrogens with one attached hydrogen (secondary N) is 3. The first-order valence-electron chi connectivity index (χ1n) is 8.26. The number of rotatable bonds is 2. The van der Waals surface area contributed by atoms with E-state index in [1.807, 2.05) is 0 Å². The molecule has 0 fully saturated rings. The Morgan fingerprint density at radius 2 is 1.96 bits per heavy atom. The normalized spacial score (nSPS) is 18.8. The van der Waals surface area contributed by atoms with Crippen LogP contribution in [0.2, 0.25) is 0 Å². The highest BCUT2D eigenvalue weighted by atomic mass is 16.5. The molecule has 2 heterocycles. The van der Waals surface area contributed by atoms with E-state index in [9.17, 15) is 19.5 Å². The summed E-state index contributed by atoms with van der Waals surface area (Å²) < 4.78 is 5.07. The summed E-state index contributed by atoms with van der Waals surface area (Å²) in [5.74, 6) is -0.229. The number of ether oxygens (including phenoxy) is 1. The molecule has 0 spiro atoms. The van der Waals surface area contributed by atoms with Gasteiger partial charge in [0.25, 0.3) is 5.56 Å². The van der Waals surface area contributed by atoms with Gasteiger partial charge < -0.3 is 15.2 Å². The predicted octanol–water partition coefficient (Wildman–Crippen LogP) is 1.34. The number of Topliss-reactive ketones (excluding diaryl/α,β-unsaturated/α-hetero) is 1. The molecule has 1 unspecified atom stereocenters. The van der Waals surface area contributed by atoms with Crippen LogP contribution in [0, 0.1) is 0 Å². The van der Waals surface area contributed by atoms with Crippen LogP contribution in [0.3, 0.4) is 0 Å². The Bertz CT molecular complexity index is 1060. The van der Waals surface area contributed by atoms with Crippen LogP contribution in [0.5, 0.6) is 11.5 Å². The molecule has 0 radical (unpaired) electrons. The average Bonchev–Trinajstić information content (AvgIpc) is 2.60. The standard InChI is InChI=1S/C18H17N3O5/c1-26-12-6-5-8(7-11(12)23)13-14-9(3-2-4-10(14)22)19-16-15(13)17(24)21-18(25)20-16/h5-7,13,23H,2-4H2,1H3,(H3,19,20,21,24,25). The minimum absolute atomic E-state index is 0.0460. The highest BCUT2D eigenvalue weighted by Gasteiger charge is 2.37. The van der Waals surface area contributed by atoms with Crippen LogP contribution in [0.4, 0.5) is 5.82 Å². The van der Waals surface area contributed by atoms with Crippen LogP contribution in [-0.2, 0) is 4.79 Å². The average molecular weight is 355 g/mol. The fraction of sp³-hybridized carbons (Fsp3) is 0.278. The molecule has 134 valence electrons. The van der Waals surface area contributed by atoms with Gasteiger partial charge in [0.05, 0.1) is 12.7 Å². The van der Waals surface area contributed by atoms with Crippen molar-refractivity contribution in [2.24, 2.45) is 0 Å². The fourth-order valence-corrected chi connectivity index (χ4v) is 3.71. The molecular weight excluding hydrogens is 338 g/mol. The number of aromatic hydroxyl groups is 1. The molecule has 26 heavy (non-hydrogen) atoms. The SMILES string of the molecule is COc1ccc(C2C3=C(CCCC3=O)Nc3[nH]c(=O)[nH]c(=O)c32)cc1O. The Morgan fingerprint density at radius 1 is 1.15 bits per heavy atom. The van der Waals surface area contributed by atoms with Gasteiger partial charge in [-0.15, -0.1) is 0 Å². The molecule has 4 rings (SSSR count). The largest absolute Gasteiger partial charge is 0.504 e. The maximum atomic E-state index is 12.6. The monoisotopic (exact) mass is 355 g/mol. The Labute approximate surface area is 147 Å². The molecular formula is C18H17N3O5. The van der Waals surface area contributed by atoms with Crippen LogP contribution in [0.15, 0.2) is 39.1 Å². The Hall–Kier alpha value is -3.29. The topological polar surface area (TPSA) is 124 Å². The number of carbonyl (C=O) groups excluding carboxylic acids is 1. The van der Waals surface area contributed by atoms with Gasteiger partial charge in [-0.25, -0.2) is 4.79 Å². The van der Waals surface area contributed by atoms with Gasteiger partial charge in [-0.1, -0.05) is 6.07 Å². The third kappa shape index (κ3) is 2.42. The minimum atomic E-state index is -0.675. The number of carbonyl (C=O) groups is 1. The van der Waals surface area contributed by atoms with E-state index in [0.29, 0.717) is 41.8 Å². The first-order valence-corrected chi connectivity index (χ1v) is 8.26. The molecule has 0 bridgehead atoms. The maximum Gasteiger partial charge on any atom is 0.327 e. The molecule has 0 saturated heterocycles. The van der Waals surface area contributed by atoms with Crippen molar-refractivity contribution in [1.82, 2.24) is 9.97 Å². The lowest BCUT2D eigenvalue weighted by Gasteiger charge is -2.32. The summed E-state index contributed by atoms with van der Waals surface area (Å²) >= 11 is 0. The number of phenols is 1. The van der Waals surface area contributed by atoms with Crippen molar-refractivity contribution in [2.75, 3.05) is 12.4 Å². The number of anilines is 1. The van der Waals surface area contributed by atoms with Crippen molar-refractivity contribution in [3.05, 3.63) is 61.4 Å². The molecule has 1 aromatic heterocycles. The van der Waals surface area contributed by atoms with Crippen LogP contribution in [0.25, 0.3) is 0 Å². The number of benzene rings is 1. The molecule has 0 amide bonds. The van der Waals surface area contributed by atoms with Gasteiger partial charge in [-0.05, 0) is 30.5 Å². The molecule has 1 aliphatic heterocycles. The van der Waals surface area contributed by atoms with Gasteiger partial charge in [0.2, 0.25) is 0 Å². The van der Waals surface area contributed by atoms with Gasteiger partial charge in [-0.2, -0.15) is 0 Å². The first-order chi connectivity index (χ1) is 12.5. The van der Waals surface area contributed by atoms with E-state index in [4.69, 9.17) is 4.74 Å². The number of methoxy groups -OCH3 is 1. The second kappa shape index (κ2) is 5.91. The highest BCUT2D eigenvalue weighted by molar-refractivity contribution is 6.00. The van der Waals surface area contributed by atoms with Crippen molar-refractivity contribution in [3.8, 4) is 11.5 Å². The third-order valence-corrected chi connectivity index (χ3v) is 4.83. The molecule has 1 aromatic carbocycles. The van der Waals surface area contributed by atoms with E-state index in [1.54, 1.807) is 12.1 Å². The second-order valence-corrected chi connectivity index (χ2v) is 6.36. The summed E-state index contributed by atoms with van der Waals surface area (Å²) in [6.45, 7) is 0. The summed E-state index contributed by atoms with van der Waals surface area (Å²) in [7, 11) is 1.44. The summed E-state index contributed by atoms with van der Waals surface area (Å²) in [4.78, 5) is 41.7. The quantitative estimate of drug-likeness (QED) is 0.644. The fourth-order valence-electron chi connectivity index (χ4n) is 3.71. The van der Waals surface area contributed by atoms with Crippen LogP contribution in [0.1, 0.15) is 36.3 Å². The number of fused-ring (bicyclic) bond motifs is 1. The number of hydrogen-bond donors (Lipinski definition) is 4. The van der Waals surface area contributed by atoms with Crippen LogP contribution >= 0.6 is 0 Å². The number of aromatic nitrogens is 2. The number of allylic oxidation sites excluding steroid dienone is 2. The van der Waals surface area contributed by atoms with Crippen LogP contribution < -0.4 is 21.3 Å². The van der Waals surface area contributed by atoms with Gasteiger partial charge in [0, 0.05) is 23.6 Å². The van der Waals surface area contributed by atoms with Gasteiger partial charge in [-0.3, -0.25) is 19.6 Å². The zero-order valence-corrected chi connectivity index (χ0v) is 14.0. The number of phenolic OH excluding ortho intramolecular Hbond substituents is 1. The van der Waals surface area contributed by atoms with Crippen molar-refractivity contribution >= 4 is 11.6 Å². The lowest BCUT2D eigenvalue weighted by molar-refractivity contribution is -0.116. The van der Waals surface area contributed by atoms with E-state index >= 15 is 0 Å². The molecule has 2 aromatic rings. The van der Waals surface area contributed by atoms with E-state index < -0.39 is 17.2 Å². The number of ketones is 1. The molecule has 4 N–H and O–H groups in total. The van der Waals surface area contributed by atoms with Gasteiger partial charge in [0.1, 0.15) is 5.82 Å². The smallest absolute Gasteiger partial charge is 0.327 e. The maximum absolute atomic E-state index is 12.6. The molecule has 8 heteroatoms. The summed E-state index contributed by atoms with van der Waals surface area (Å²) in [6.07, 6.45) is 1.75. The van der Waals surface area contributed by atoms with Crippen LogP contribution in [-0.4, -0.2) is 28.0 Å².